The van der Waals surface area contributed by atoms with Crippen molar-refractivity contribution in [3.63, 3.8) is 0 Å². The third-order valence-electron chi connectivity index (χ3n) is 1.54. The van der Waals surface area contributed by atoms with Gasteiger partial charge in [0, 0.05) is 12.1 Å². The molecule has 0 bridgehead atoms. The monoisotopic (exact) mass is 247 g/mol. The van der Waals surface area contributed by atoms with Crippen LogP contribution < -0.4 is 5.73 Å². The Morgan fingerprint density at radius 1 is 1.60 bits per heavy atom. The second-order valence-corrected chi connectivity index (χ2v) is 3.30. The predicted molar refractivity (Wildman–Crippen MR) is 60.1 cm³/mol. The Bertz CT molecular complexity index is 420. The van der Waals surface area contributed by atoms with E-state index in [1.807, 2.05) is 0 Å². The SMILES string of the molecule is NC(CCl)=Nc1ccc([N+](=O)[O-])cc1Cl. The summed E-state index contributed by atoms with van der Waals surface area (Å²) in [5.41, 5.74) is 5.66. The highest BCUT2D eigenvalue weighted by molar-refractivity contribution is 6.33. The Morgan fingerprint density at radius 2 is 2.27 bits per heavy atom. The van der Waals surface area contributed by atoms with E-state index in [-0.39, 0.29) is 22.4 Å². The first-order chi connectivity index (χ1) is 7.04. The molecule has 1 aromatic carbocycles. The van der Waals surface area contributed by atoms with Gasteiger partial charge >= 0.3 is 0 Å². The maximum absolute atomic E-state index is 10.4. The maximum atomic E-state index is 10.4. The quantitative estimate of drug-likeness (QED) is 0.293. The molecule has 0 atom stereocenters. The highest BCUT2D eigenvalue weighted by Crippen LogP contribution is 2.28. The van der Waals surface area contributed by atoms with Crippen molar-refractivity contribution in [2.45, 2.75) is 0 Å². The number of nitrogens with zero attached hydrogens (tertiary/aromatic N) is 2. The summed E-state index contributed by atoms with van der Waals surface area (Å²) in [4.78, 5) is 13.8. The molecule has 0 amide bonds. The van der Waals surface area contributed by atoms with Gasteiger partial charge in [-0.1, -0.05) is 11.6 Å². The van der Waals surface area contributed by atoms with E-state index >= 15 is 0 Å². The standard InChI is InChI=1S/C8H7Cl2N3O2/c9-4-8(11)12-7-2-1-5(13(14)15)3-6(7)10/h1-3H,4H2,(H2,11,12). The van der Waals surface area contributed by atoms with E-state index in [4.69, 9.17) is 28.9 Å². The first-order valence-corrected chi connectivity index (χ1v) is 4.78. The van der Waals surface area contributed by atoms with E-state index in [1.54, 1.807) is 0 Å². The second-order valence-electron chi connectivity index (χ2n) is 2.63. The van der Waals surface area contributed by atoms with Crippen LogP contribution in [0.5, 0.6) is 0 Å². The number of nitro groups is 1. The summed E-state index contributed by atoms with van der Waals surface area (Å²) in [5, 5.41) is 10.6. The van der Waals surface area contributed by atoms with Crippen LogP contribution in [0, 0.1) is 10.1 Å². The zero-order valence-electron chi connectivity index (χ0n) is 7.48. The van der Waals surface area contributed by atoms with Gasteiger partial charge in [-0.25, -0.2) is 4.99 Å². The number of non-ortho nitro benzene ring substituents is 1. The fraction of sp³-hybridized carbons (Fsp3) is 0.125. The minimum absolute atomic E-state index is 0.0767. The molecule has 0 aromatic heterocycles. The number of aliphatic imine (C=N–C) groups is 1. The number of amidine groups is 1. The Kier molecular flexibility index (Phi) is 3.88. The molecule has 7 heteroatoms. The van der Waals surface area contributed by atoms with Crippen LogP contribution in [0.25, 0.3) is 0 Å². The smallest absolute Gasteiger partial charge is 0.271 e. The summed E-state index contributed by atoms with van der Waals surface area (Å²) >= 11 is 11.2. The second kappa shape index (κ2) is 4.95. The van der Waals surface area contributed by atoms with Crippen molar-refractivity contribution in [3.8, 4) is 0 Å². The first kappa shape index (κ1) is 11.7. The van der Waals surface area contributed by atoms with Crippen LogP contribution in [0.1, 0.15) is 0 Å². The summed E-state index contributed by atoms with van der Waals surface area (Å²) in [5.74, 6) is 0.278. The lowest BCUT2D eigenvalue weighted by molar-refractivity contribution is -0.384. The molecule has 0 radical (unpaired) electrons. The van der Waals surface area contributed by atoms with Crippen molar-refractivity contribution in [2.24, 2.45) is 10.7 Å². The molecule has 15 heavy (non-hydrogen) atoms. The van der Waals surface area contributed by atoms with Crippen LogP contribution in [-0.4, -0.2) is 16.6 Å². The molecular weight excluding hydrogens is 241 g/mol. The van der Waals surface area contributed by atoms with E-state index in [0.717, 1.165) is 0 Å². The molecule has 0 saturated carbocycles. The van der Waals surface area contributed by atoms with Crippen molar-refractivity contribution < 1.29 is 4.92 Å². The number of nitro benzene ring substituents is 1. The summed E-state index contributed by atoms with van der Waals surface area (Å²) in [7, 11) is 0. The molecule has 0 aliphatic heterocycles. The summed E-state index contributed by atoms with van der Waals surface area (Å²) in [6, 6.07) is 3.92. The van der Waals surface area contributed by atoms with Gasteiger partial charge in [-0.3, -0.25) is 10.1 Å². The maximum Gasteiger partial charge on any atom is 0.271 e. The fourth-order valence-corrected chi connectivity index (χ4v) is 1.16. The average Bonchev–Trinajstić information content (AvgIpc) is 2.20. The number of rotatable bonds is 3. The number of alkyl halides is 1. The molecule has 0 heterocycles. The molecule has 80 valence electrons. The Balaban J connectivity index is 3.09. The van der Waals surface area contributed by atoms with Gasteiger partial charge in [-0.2, -0.15) is 0 Å². The molecule has 1 aromatic rings. The molecule has 0 fully saturated rings. The molecule has 0 spiro atoms. The Morgan fingerprint density at radius 3 is 2.73 bits per heavy atom. The van der Waals surface area contributed by atoms with Gasteiger partial charge in [0.1, 0.15) is 5.84 Å². The zero-order chi connectivity index (χ0) is 11.4. The highest BCUT2D eigenvalue weighted by Gasteiger charge is 2.08. The molecule has 0 saturated heterocycles. The van der Waals surface area contributed by atoms with Crippen molar-refractivity contribution in [1.82, 2.24) is 0 Å². The third kappa shape index (κ3) is 3.07. The Hall–Kier alpha value is -1.33. The molecule has 0 aliphatic rings. The van der Waals surface area contributed by atoms with Crippen LogP contribution in [0.2, 0.25) is 5.02 Å². The van der Waals surface area contributed by atoms with Crippen LogP contribution >= 0.6 is 23.2 Å². The molecule has 0 unspecified atom stereocenters. The molecule has 0 aliphatic carbocycles. The molecule has 5 nitrogen and oxygen atoms in total. The minimum Gasteiger partial charge on any atom is -0.386 e. The molecule has 2 N–H and O–H groups in total. The van der Waals surface area contributed by atoms with Gasteiger partial charge in [-0.05, 0) is 6.07 Å². The number of hydrogen-bond donors (Lipinski definition) is 1. The lowest BCUT2D eigenvalue weighted by Gasteiger charge is -1.99. The number of hydrogen-bond acceptors (Lipinski definition) is 3. The molecular formula is C8H7Cl2N3O2. The van der Waals surface area contributed by atoms with Crippen LogP contribution in [0.3, 0.4) is 0 Å². The van der Waals surface area contributed by atoms with Gasteiger partial charge in [0.25, 0.3) is 5.69 Å². The zero-order valence-corrected chi connectivity index (χ0v) is 9.00. The van der Waals surface area contributed by atoms with E-state index in [0.29, 0.717) is 5.69 Å². The van der Waals surface area contributed by atoms with Crippen molar-refractivity contribution in [1.29, 1.82) is 0 Å². The molecule has 1 rings (SSSR count). The summed E-state index contributed by atoms with van der Waals surface area (Å²) in [6.45, 7) is 0. The van der Waals surface area contributed by atoms with Crippen molar-refractivity contribution in [3.05, 3.63) is 33.3 Å². The average molecular weight is 248 g/mol. The fourth-order valence-electron chi connectivity index (χ4n) is 0.885. The highest BCUT2D eigenvalue weighted by atomic mass is 35.5. The van der Waals surface area contributed by atoms with E-state index in [1.165, 1.54) is 18.2 Å². The third-order valence-corrected chi connectivity index (χ3v) is 2.12. The van der Waals surface area contributed by atoms with Gasteiger partial charge in [0.05, 0.1) is 21.5 Å². The minimum atomic E-state index is -0.537. The number of halogens is 2. The summed E-state index contributed by atoms with van der Waals surface area (Å²) < 4.78 is 0. The van der Waals surface area contributed by atoms with Crippen LogP contribution in [-0.2, 0) is 0 Å². The van der Waals surface area contributed by atoms with Crippen LogP contribution in [0.4, 0.5) is 11.4 Å². The van der Waals surface area contributed by atoms with Gasteiger partial charge < -0.3 is 5.73 Å². The van der Waals surface area contributed by atoms with Crippen molar-refractivity contribution >= 4 is 40.4 Å². The Labute approximate surface area is 95.7 Å². The van der Waals surface area contributed by atoms with E-state index < -0.39 is 4.92 Å². The summed E-state index contributed by atoms with van der Waals surface area (Å²) in [6.07, 6.45) is 0. The predicted octanol–water partition coefficient (Wildman–Crippen LogP) is 2.48. The first-order valence-electron chi connectivity index (χ1n) is 3.87. The van der Waals surface area contributed by atoms with E-state index in [9.17, 15) is 10.1 Å². The van der Waals surface area contributed by atoms with Crippen LogP contribution in [0.15, 0.2) is 23.2 Å². The lowest BCUT2D eigenvalue weighted by atomic mass is 10.3. The number of benzene rings is 1. The van der Waals surface area contributed by atoms with Gasteiger partial charge in [-0.15, -0.1) is 11.6 Å². The van der Waals surface area contributed by atoms with Gasteiger partial charge in [0.2, 0.25) is 0 Å². The lowest BCUT2D eigenvalue weighted by Crippen LogP contribution is -2.12. The topological polar surface area (TPSA) is 81.5 Å². The number of nitrogens with two attached hydrogens (primary N) is 1. The van der Waals surface area contributed by atoms with Gasteiger partial charge in [0.15, 0.2) is 0 Å². The largest absolute Gasteiger partial charge is 0.386 e. The normalized spacial score (nSPS) is 11.5. The van der Waals surface area contributed by atoms with E-state index in [2.05, 4.69) is 4.99 Å². The van der Waals surface area contributed by atoms with Crippen molar-refractivity contribution in [2.75, 3.05) is 5.88 Å².